The lowest BCUT2D eigenvalue weighted by atomic mass is 9.80. The first-order valence-corrected chi connectivity index (χ1v) is 10.4. The predicted octanol–water partition coefficient (Wildman–Crippen LogP) is 3.01. The highest BCUT2D eigenvalue weighted by atomic mass is 35.5. The number of hydrogen-bond donors (Lipinski definition) is 2. The molecule has 0 bridgehead atoms. The number of rotatable bonds is 4. The summed E-state index contributed by atoms with van der Waals surface area (Å²) in [5.41, 5.74) is 1.33. The molecule has 2 aliphatic heterocycles. The largest absolute Gasteiger partial charge is 0.480 e. The molecule has 4 unspecified atom stereocenters. The lowest BCUT2D eigenvalue weighted by molar-refractivity contribution is -0.147. The minimum atomic E-state index is -1.58. The zero-order valence-electron chi connectivity index (χ0n) is 17.7. The number of nitrogens with one attached hydrogen (secondary N) is 1. The second-order valence-corrected chi connectivity index (χ2v) is 8.97. The number of aliphatic carboxylic acids is 1. The Balaban J connectivity index is 1.79. The third-order valence-corrected chi connectivity index (χ3v) is 6.82. The van der Waals surface area contributed by atoms with E-state index in [9.17, 15) is 19.5 Å². The van der Waals surface area contributed by atoms with Crippen molar-refractivity contribution in [3.63, 3.8) is 0 Å². The Labute approximate surface area is 185 Å². The van der Waals surface area contributed by atoms with Gasteiger partial charge in [0.05, 0.1) is 17.5 Å². The number of carbonyl (C=O) groups excluding carboxylic acids is 2. The first kappa shape index (κ1) is 21.3. The van der Waals surface area contributed by atoms with Crippen LogP contribution in [-0.4, -0.2) is 42.5 Å². The van der Waals surface area contributed by atoms with Crippen molar-refractivity contribution in [3.05, 3.63) is 58.6 Å². The molecule has 0 spiro atoms. The Bertz CT molecular complexity index is 1080. The Hall–Kier alpha value is -2.90. The standard InChI is InChI=1S/C23H24ClN3O4/c1-12-5-8-15(11-16(12)24)27-20(28)17-18(21(27)29)23(2,22(30)31)25-19(17)13-6-9-14(10-7-13)26(3)4/h5-11,17-19,25H,1-4H3,(H,30,31). The summed E-state index contributed by atoms with van der Waals surface area (Å²) in [7, 11) is 3.84. The topological polar surface area (TPSA) is 90.0 Å². The minimum absolute atomic E-state index is 0.356. The van der Waals surface area contributed by atoms with E-state index < -0.39 is 41.2 Å². The molecule has 0 aromatic heterocycles. The zero-order chi connectivity index (χ0) is 22.7. The number of amides is 2. The van der Waals surface area contributed by atoms with Gasteiger partial charge in [0.2, 0.25) is 11.8 Å². The van der Waals surface area contributed by atoms with Gasteiger partial charge in [-0.25, -0.2) is 4.90 Å². The number of nitrogens with zero attached hydrogens (tertiary/aromatic N) is 2. The summed E-state index contributed by atoms with van der Waals surface area (Å²) < 4.78 is 0. The van der Waals surface area contributed by atoms with Gasteiger partial charge in [0.15, 0.2) is 0 Å². The van der Waals surface area contributed by atoms with Crippen LogP contribution in [0.3, 0.4) is 0 Å². The molecule has 7 nitrogen and oxygen atoms in total. The van der Waals surface area contributed by atoms with Gasteiger partial charge < -0.3 is 10.0 Å². The normalized spacial score (nSPS) is 27.5. The van der Waals surface area contributed by atoms with Crippen LogP contribution in [0.1, 0.15) is 24.1 Å². The van der Waals surface area contributed by atoms with Crippen LogP contribution in [0.2, 0.25) is 5.02 Å². The fourth-order valence-corrected chi connectivity index (χ4v) is 4.75. The molecule has 2 aromatic carbocycles. The van der Waals surface area contributed by atoms with Crippen molar-refractivity contribution in [3.8, 4) is 0 Å². The Morgan fingerprint density at radius 1 is 1.13 bits per heavy atom. The molecular formula is C23H24ClN3O4. The van der Waals surface area contributed by atoms with Crippen LogP contribution in [0.5, 0.6) is 0 Å². The summed E-state index contributed by atoms with van der Waals surface area (Å²) in [6.07, 6.45) is 0. The van der Waals surface area contributed by atoms with Gasteiger partial charge in [0.25, 0.3) is 0 Å². The smallest absolute Gasteiger partial charge is 0.324 e. The fraction of sp³-hybridized carbons (Fsp3) is 0.348. The molecule has 0 aliphatic carbocycles. The van der Waals surface area contributed by atoms with Gasteiger partial charge in [-0.2, -0.15) is 0 Å². The van der Waals surface area contributed by atoms with E-state index in [4.69, 9.17) is 11.6 Å². The molecule has 31 heavy (non-hydrogen) atoms. The maximum absolute atomic E-state index is 13.5. The quantitative estimate of drug-likeness (QED) is 0.709. The number of imide groups is 1. The zero-order valence-corrected chi connectivity index (χ0v) is 18.5. The van der Waals surface area contributed by atoms with E-state index in [0.717, 1.165) is 21.7 Å². The van der Waals surface area contributed by atoms with Crippen LogP contribution < -0.4 is 15.1 Å². The van der Waals surface area contributed by atoms with E-state index in [1.807, 2.05) is 50.2 Å². The maximum atomic E-state index is 13.5. The molecule has 2 fully saturated rings. The second-order valence-electron chi connectivity index (χ2n) is 8.56. The molecule has 2 heterocycles. The van der Waals surface area contributed by atoms with Crippen LogP contribution in [0.4, 0.5) is 11.4 Å². The van der Waals surface area contributed by atoms with Gasteiger partial charge in [-0.3, -0.25) is 19.7 Å². The number of halogens is 1. The maximum Gasteiger partial charge on any atom is 0.324 e. The predicted molar refractivity (Wildman–Crippen MR) is 118 cm³/mol. The third kappa shape index (κ3) is 3.20. The summed E-state index contributed by atoms with van der Waals surface area (Å²) in [5.74, 6) is -3.98. The summed E-state index contributed by atoms with van der Waals surface area (Å²) in [6.45, 7) is 3.30. The molecule has 2 aliphatic rings. The number of fused-ring (bicyclic) bond motifs is 1. The summed E-state index contributed by atoms with van der Waals surface area (Å²) in [5, 5.41) is 13.5. The van der Waals surface area contributed by atoms with Gasteiger partial charge in [0, 0.05) is 30.8 Å². The highest BCUT2D eigenvalue weighted by Crippen LogP contribution is 2.50. The van der Waals surface area contributed by atoms with Gasteiger partial charge in [-0.05, 0) is 49.2 Å². The lowest BCUT2D eigenvalue weighted by Gasteiger charge is -2.27. The van der Waals surface area contributed by atoms with Gasteiger partial charge in [0.1, 0.15) is 5.54 Å². The summed E-state index contributed by atoms with van der Waals surface area (Å²) in [4.78, 5) is 42.1. The molecular weight excluding hydrogens is 418 g/mol. The van der Waals surface area contributed by atoms with Gasteiger partial charge in [-0.15, -0.1) is 0 Å². The highest BCUT2D eigenvalue weighted by molar-refractivity contribution is 6.32. The number of benzene rings is 2. The average Bonchev–Trinajstić information content (AvgIpc) is 3.18. The molecule has 4 atom stereocenters. The van der Waals surface area contributed by atoms with E-state index >= 15 is 0 Å². The molecule has 4 rings (SSSR count). The van der Waals surface area contributed by atoms with Crippen LogP contribution in [0.15, 0.2) is 42.5 Å². The Kier molecular flexibility index (Phi) is 5.06. The minimum Gasteiger partial charge on any atom is -0.480 e. The Morgan fingerprint density at radius 3 is 2.32 bits per heavy atom. The van der Waals surface area contributed by atoms with E-state index in [2.05, 4.69) is 5.32 Å². The van der Waals surface area contributed by atoms with Crippen molar-refractivity contribution >= 4 is 40.8 Å². The van der Waals surface area contributed by atoms with Gasteiger partial charge >= 0.3 is 5.97 Å². The van der Waals surface area contributed by atoms with Crippen molar-refractivity contribution < 1.29 is 19.5 Å². The Morgan fingerprint density at radius 2 is 1.77 bits per heavy atom. The van der Waals surface area contributed by atoms with Crippen molar-refractivity contribution in [1.29, 1.82) is 0 Å². The van der Waals surface area contributed by atoms with Crippen LogP contribution in [0, 0.1) is 18.8 Å². The van der Waals surface area contributed by atoms with Crippen LogP contribution in [-0.2, 0) is 14.4 Å². The van der Waals surface area contributed by atoms with Gasteiger partial charge in [-0.1, -0.05) is 29.8 Å². The third-order valence-electron chi connectivity index (χ3n) is 6.41. The molecule has 0 radical (unpaired) electrons. The van der Waals surface area contributed by atoms with E-state index in [0.29, 0.717) is 10.7 Å². The lowest BCUT2D eigenvalue weighted by Crippen LogP contribution is -2.53. The number of carboxylic acid groups (broad SMARTS) is 1. The molecule has 2 N–H and O–H groups in total. The summed E-state index contributed by atoms with van der Waals surface area (Å²) >= 11 is 6.22. The highest BCUT2D eigenvalue weighted by Gasteiger charge is 2.66. The summed E-state index contributed by atoms with van der Waals surface area (Å²) in [6, 6.07) is 11.9. The number of carboxylic acids is 1. The second kappa shape index (κ2) is 7.35. The SMILES string of the molecule is Cc1ccc(N2C(=O)C3C(c4ccc(N(C)C)cc4)NC(C)(C(=O)O)C3C2=O)cc1Cl. The molecule has 0 saturated carbocycles. The first-order chi connectivity index (χ1) is 14.6. The van der Waals surface area contributed by atoms with Crippen LogP contribution >= 0.6 is 11.6 Å². The average molecular weight is 442 g/mol. The van der Waals surface area contributed by atoms with Crippen molar-refractivity contribution in [2.75, 3.05) is 23.9 Å². The molecule has 162 valence electrons. The van der Waals surface area contributed by atoms with Crippen molar-refractivity contribution in [2.45, 2.75) is 25.4 Å². The number of anilines is 2. The molecule has 2 amide bonds. The van der Waals surface area contributed by atoms with Crippen LogP contribution in [0.25, 0.3) is 0 Å². The fourth-order valence-electron chi connectivity index (χ4n) is 4.58. The van der Waals surface area contributed by atoms with Crippen molar-refractivity contribution in [2.24, 2.45) is 11.8 Å². The van der Waals surface area contributed by atoms with E-state index in [1.54, 1.807) is 18.2 Å². The first-order valence-electron chi connectivity index (χ1n) is 9.98. The van der Waals surface area contributed by atoms with E-state index in [1.165, 1.54) is 6.92 Å². The van der Waals surface area contributed by atoms with Crippen molar-refractivity contribution in [1.82, 2.24) is 5.32 Å². The van der Waals surface area contributed by atoms with E-state index in [-0.39, 0.29) is 0 Å². The monoisotopic (exact) mass is 441 g/mol. The molecule has 8 heteroatoms. The molecule has 2 saturated heterocycles. The number of carbonyl (C=O) groups is 3. The number of aryl methyl sites for hydroxylation is 1. The number of hydrogen-bond acceptors (Lipinski definition) is 5. The molecule has 2 aromatic rings.